The smallest absolute Gasteiger partial charge is 0.0919 e. The van der Waals surface area contributed by atoms with Gasteiger partial charge >= 0.3 is 0 Å². The van der Waals surface area contributed by atoms with Gasteiger partial charge < -0.3 is 0 Å². The molecule has 0 saturated heterocycles. The van der Waals surface area contributed by atoms with Gasteiger partial charge in [-0.3, -0.25) is 9.98 Å². The summed E-state index contributed by atoms with van der Waals surface area (Å²) < 4.78 is 0. The molecule has 1 atom stereocenters. The van der Waals surface area contributed by atoms with Crippen LogP contribution in [0.15, 0.2) is 52.5 Å². The topological polar surface area (TPSA) is 24.7 Å². The molecular formula is C18H16N2. The fourth-order valence-electron chi connectivity index (χ4n) is 3.23. The number of allylic oxidation sites excluding steroid dienone is 1. The van der Waals surface area contributed by atoms with E-state index in [4.69, 9.17) is 9.98 Å². The minimum absolute atomic E-state index is 0.185. The van der Waals surface area contributed by atoms with Crippen molar-refractivity contribution < 1.29 is 0 Å². The lowest BCUT2D eigenvalue weighted by Gasteiger charge is -2.14. The number of aryl methyl sites for hydroxylation is 1. The van der Waals surface area contributed by atoms with Crippen LogP contribution in [0.2, 0.25) is 0 Å². The number of benzene rings is 2. The molecular weight excluding hydrogens is 244 g/mol. The van der Waals surface area contributed by atoms with E-state index in [0.29, 0.717) is 0 Å². The molecule has 2 heteroatoms. The third-order valence-electron chi connectivity index (χ3n) is 4.00. The van der Waals surface area contributed by atoms with E-state index in [0.717, 1.165) is 18.0 Å². The minimum Gasteiger partial charge on any atom is -0.280 e. The highest BCUT2D eigenvalue weighted by molar-refractivity contribution is 6.61. The van der Waals surface area contributed by atoms with Gasteiger partial charge in [0.25, 0.3) is 0 Å². The second-order valence-electron chi connectivity index (χ2n) is 5.48. The Bertz CT molecular complexity index is 810. The molecule has 0 N–H and O–H groups in total. The van der Waals surface area contributed by atoms with E-state index in [-0.39, 0.29) is 6.04 Å². The molecule has 98 valence electrons. The van der Waals surface area contributed by atoms with Crippen LogP contribution in [0.3, 0.4) is 0 Å². The predicted molar refractivity (Wildman–Crippen MR) is 85.2 cm³/mol. The van der Waals surface area contributed by atoms with Gasteiger partial charge in [0.2, 0.25) is 0 Å². The lowest BCUT2D eigenvalue weighted by atomic mass is 10.0. The summed E-state index contributed by atoms with van der Waals surface area (Å²) >= 11 is 0. The fourth-order valence-corrected chi connectivity index (χ4v) is 3.23. The number of aliphatic imine (C=N–C) groups is 2. The number of fused-ring (bicyclic) bond motifs is 3. The Hall–Kier alpha value is -2.22. The summed E-state index contributed by atoms with van der Waals surface area (Å²) in [5.74, 6) is 0. The van der Waals surface area contributed by atoms with Gasteiger partial charge in [-0.15, -0.1) is 0 Å². The molecule has 0 radical (unpaired) electrons. The molecule has 1 unspecified atom stereocenters. The van der Waals surface area contributed by atoms with Crippen LogP contribution < -0.4 is 0 Å². The van der Waals surface area contributed by atoms with Crippen LogP contribution in [0.25, 0.3) is 10.8 Å². The molecule has 0 spiro atoms. The van der Waals surface area contributed by atoms with E-state index >= 15 is 0 Å². The number of hydrogen-bond donors (Lipinski definition) is 0. The summed E-state index contributed by atoms with van der Waals surface area (Å²) in [6, 6.07) is 11.1. The van der Waals surface area contributed by atoms with Gasteiger partial charge in [-0.2, -0.15) is 0 Å². The maximum atomic E-state index is 4.90. The van der Waals surface area contributed by atoms with E-state index in [1.807, 2.05) is 6.92 Å². The van der Waals surface area contributed by atoms with Gasteiger partial charge in [0.1, 0.15) is 0 Å². The second kappa shape index (κ2) is 4.14. The summed E-state index contributed by atoms with van der Waals surface area (Å²) in [7, 11) is 0. The molecule has 2 aromatic rings. The molecule has 0 aromatic heterocycles. The highest BCUT2D eigenvalue weighted by Crippen LogP contribution is 2.34. The average molecular weight is 260 g/mol. The first kappa shape index (κ1) is 11.6. The third kappa shape index (κ3) is 1.51. The molecule has 2 aromatic carbocycles. The van der Waals surface area contributed by atoms with Crippen molar-refractivity contribution in [3.8, 4) is 0 Å². The summed E-state index contributed by atoms with van der Waals surface area (Å²) in [6.07, 6.45) is 4.18. The molecule has 1 aliphatic carbocycles. The normalized spacial score (nSPS) is 20.2. The Morgan fingerprint density at radius 1 is 1.15 bits per heavy atom. The molecule has 0 bridgehead atoms. The molecule has 0 fully saturated rings. The van der Waals surface area contributed by atoms with E-state index in [2.05, 4.69) is 49.4 Å². The fraction of sp³-hybridized carbons (Fsp3) is 0.222. The molecule has 20 heavy (non-hydrogen) atoms. The quantitative estimate of drug-likeness (QED) is 0.698. The van der Waals surface area contributed by atoms with E-state index in [1.165, 1.54) is 27.5 Å². The molecule has 1 heterocycles. The molecule has 0 saturated carbocycles. The number of rotatable bonds is 1. The van der Waals surface area contributed by atoms with Gasteiger partial charge in [0, 0.05) is 16.5 Å². The van der Waals surface area contributed by atoms with Crippen molar-refractivity contribution >= 4 is 22.2 Å². The average Bonchev–Trinajstić information content (AvgIpc) is 2.75. The monoisotopic (exact) mass is 260 g/mol. The Morgan fingerprint density at radius 2 is 2.05 bits per heavy atom. The Morgan fingerprint density at radius 3 is 2.90 bits per heavy atom. The van der Waals surface area contributed by atoms with Crippen molar-refractivity contribution in [3.05, 3.63) is 59.2 Å². The largest absolute Gasteiger partial charge is 0.280 e. The third-order valence-corrected chi connectivity index (χ3v) is 4.00. The van der Waals surface area contributed by atoms with Crippen LogP contribution >= 0.6 is 0 Å². The second-order valence-corrected chi connectivity index (χ2v) is 5.48. The van der Waals surface area contributed by atoms with Gasteiger partial charge in [-0.25, -0.2) is 0 Å². The van der Waals surface area contributed by atoms with Crippen molar-refractivity contribution in [2.24, 2.45) is 9.98 Å². The van der Waals surface area contributed by atoms with Gasteiger partial charge in [-0.1, -0.05) is 36.4 Å². The Balaban J connectivity index is 2.02. The molecule has 2 aliphatic rings. The van der Waals surface area contributed by atoms with Crippen molar-refractivity contribution in [1.82, 2.24) is 0 Å². The van der Waals surface area contributed by atoms with Crippen molar-refractivity contribution in [1.29, 1.82) is 0 Å². The zero-order valence-corrected chi connectivity index (χ0v) is 11.7. The van der Waals surface area contributed by atoms with Gasteiger partial charge in [0.05, 0.1) is 24.0 Å². The Kier molecular flexibility index (Phi) is 2.40. The SMILES string of the molecule is C/C=C\C1CN=C2C(=N1)c1cccc3cc(C)cc2c13. The highest BCUT2D eigenvalue weighted by Gasteiger charge is 2.29. The Labute approximate surface area is 118 Å². The maximum Gasteiger partial charge on any atom is 0.0919 e. The van der Waals surface area contributed by atoms with Crippen molar-refractivity contribution in [2.75, 3.05) is 6.54 Å². The summed E-state index contributed by atoms with van der Waals surface area (Å²) in [5.41, 5.74) is 5.94. The molecule has 4 rings (SSSR count). The van der Waals surface area contributed by atoms with Gasteiger partial charge in [0.15, 0.2) is 0 Å². The van der Waals surface area contributed by atoms with Crippen LogP contribution in [0, 0.1) is 6.92 Å². The van der Waals surface area contributed by atoms with Crippen LogP contribution in [0.4, 0.5) is 0 Å². The zero-order chi connectivity index (χ0) is 13.7. The first-order chi connectivity index (χ1) is 9.78. The van der Waals surface area contributed by atoms with E-state index < -0.39 is 0 Å². The molecule has 0 amide bonds. The van der Waals surface area contributed by atoms with Crippen molar-refractivity contribution in [2.45, 2.75) is 19.9 Å². The maximum absolute atomic E-state index is 4.90. The van der Waals surface area contributed by atoms with E-state index in [1.54, 1.807) is 0 Å². The number of nitrogens with zero attached hydrogens (tertiary/aromatic N) is 2. The first-order valence-corrected chi connectivity index (χ1v) is 7.07. The molecule has 1 aliphatic heterocycles. The lowest BCUT2D eigenvalue weighted by molar-refractivity contribution is 0.818. The minimum atomic E-state index is 0.185. The van der Waals surface area contributed by atoms with Crippen molar-refractivity contribution in [3.63, 3.8) is 0 Å². The zero-order valence-electron chi connectivity index (χ0n) is 11.7. The highest BCUT2D eigenvalue weighted by atomic mass is 14.9. The lowest BCUT2D eigenvalue weighted by Crippen LogP contribution is -2.22. The van der Waals surface area contributed by atoms with Crippen LogP contribution in [0.1, 0.15) is 23.6 Å². The summed E-state index contributed by atoms with van der Waals surface area (Å²) in [4.78, 5) is 9.71. The standard InChI is InChI=1S/C18H16N2/c1-3-5-13-10-19-17-15-9-11(2)8-12-6-4-7-14(16(12)15)18(17)20-13/h3-9,13H,10H2,1-2H3/b5-3-. The van der Waals surface area contributed by atoms with Crippen LogP contribution in [0.5, 0.6) is 0 Å². The summed E-state index contributed by atoms with van der Waals surface area (Å²) in [5, 5.41) is 2.61. The molecule has 2 nitrogen and oxygen atoms in total. The van der Waals surface area contributed by atoms with E-state index in [9.17, 15) is 0 Å². The predicted octanol–water partition coefficient (Wildman–Crippen LogP) is 3.70. The van der Waals surface area contributed by atoms with Gasteiger partial charge in [-0.05, 0) is 30.9 Å². The van der Waals surface area contributed by atoms with Crippen LogP contribution in [-0.2, 0) is 0 Å². The number of hydrogen-bond acceptors (Lipinski definition) is 2. The summed E-state index contributed by atoms with van der Waals surface area (Å²) in [6.45, 7) is 4.93. The van der Waals surface area contributed by atoms with Crippen LogP contribution in [-0.4, -0.2) is 24.0 Å². The first-order valence-electron chi connectivity index (χ1n) is 7.07.